The Balaban J connectivity index is 1.19. The van der Waals surface area contributed by atoms with E-state index >= 15 is 13.2 Å². The lowest BCUT2D eigenvalue weighted by Gasteiger charge is -2.22. The summed E-state index contributed by atoms with van der Waals surface area (Å²) in [6, 6.07) is 31.1. The van der Waals surface area contributed by atoms with Crippen LogP contribution in [-0.2, 0) is 21.5 Å². The van der Waals surface area contributed by atoms with Gasteiger partial charge in [0.05, 0.1) is 35.3 Å². The van der Waals surface area contributed by atoms with Gasteiger partial charge in [-0.15, -0.1) is 0 Å². The van der Waals surface area contributed by atoms with E-state index < -0.39 is 48.6 Å². The van der Waals surface area contributed by atoms with E-state index in [0.717, 1.165) is 12.1 Å². The number of halogens is 4. The number of alkyl halides is 3. The molecule has 2 aromatic heterocycles. The summed E-state index contributed by atoms with van der Waals surface area (Å²) in [5.74, 6) is -0.840. The number of benzene rings is 5. The van der Waals surface area contributed by atoms with Crippen LogP contribution < -0.4 is 36.6 Å². The zero-order valence-electron chi connectivity index (χ0n) is 35.4. The first kappa shape index (κ1) is 46.9. The van der Waals surface area contributed by atoms with Gasteiger partial charge < -0.3 is 35.1 Å². The molecule has 2 heterocycles. The second-order valence-corrected chi connectivity index (χ2v) is 21.9. The van der Waals surface area contributed by atoms with Crippen LogP contribution in [0.1, 0.15) is 27.2 Å². The quantitative estimate of drug-likeness (QED) is 0.0308. The lowest BCUT2D eigenvalue weighted by atomic mass is 10.0. The van der Waals surface area contributed by atoms with Crippen LogP contribution in [0.25, 0.3) is 0 Å². The monoisotopic (exact) mass is 955 g/mol. The molecule has 0 bridgehead atoms. The number of para-hydroxylation sites is 1. The number of hydrogen-bond acceptors (Lipinski definition) is 14. The molecule has 4 N–H and O–H groups in total. The molecule has 66 heavy (non-hydrogen) atoms. The van der Waals surface area contributed by atoms with Crippen molar-refractivity contribution in [2.45, 2.75) is 12.3 Å². The van der Waals surface area contributed by atoms with Crippen molar-refractivity contribution in [3.63, 3.8) is 0 Å². The lowest BCUT2D eigenvalue weighted by molar-refractivity contribution is -0.384. The van der Waals surface area contributed by atoms with Crippen LogP contribution in [0, 0.1) is 10.1 Å². The summed E-state index contributed by atoms with van der Waals surface area (Å²) in [4.78, 5) is 41.2. The molecule has 338 valence electrons. The average molecular weight is 956 g/mol. The van der Waals surface area contributed by atoms with Gasteiger partial charge in [0.15, 0.2) is 11.6 Å². The van der Waals surface area contributed by atoms with Gasteiger partial charge in [-0.05, 0) is 86.7 Å². The first-order valence-electron chi connectivity index (χ1n) is 19.7. The molecule has 5 aromatic carbocycles. The van der Waals surface area contributed by atoms with Gasteiger partial charge in [-0.1, -0.05) is 54.1 Å². The molecular formula is C45H39ClF3N9O6P2. The molecule has 1 unspecified atom stereocenters. The minimum atomic E-state index is -5.07. The summed E-state index contributed by atoms with van der Waals surface area (Å²) in [5, 5.41) is 23.8. The number of nitrogens with one attached hydrogen (secondary N) is 4. The topological polar surface area (TPSA) is 203 Å². The second-order valence-electron chi connectivity index (χ2n) is 15.2. The second kappa shape index (κ2) is 19.1. The SMILES string of the molecule is COc1cc(P(C)(=O)Cc2nc(Nc3ccc(P(C)(C)=O)cc3)nc(Nc3ccc([N+](=O)[O-])cc3)c2C(F)(F)F)ccc1Nc1ncc(Cl)c(Nc2ccccc2C(=O)c2ccccc2)n1. The Morgan fingerprint density at radius 1 is 0.742 bits per heavy atom. The number of nitro benzene ring substituents is 1. The molecule has 21 heteroatoms. The highest BCUT2D eigenvalue weighted by molar-refractivity contribution is 7.70. The summed E-state index contributed by atoms with van der Waals surface area (Å²) in [6.45, 7) is 4.52. The fourth-order valence-corrected chi connectivity index (χ4v) is 9.42. The summed E-state index contributed by atoms with van der Waals surface area (Å²) < 4.78 is 78.4. The number of nitro groups is 1. The first-order chi connectivity index (χ1) is 31.3. The zero-order valence-corrected chi connectivity index (χ0v) is 38.0. The van der Waals surface area contributed by atoms with Crippen molar-refractivity contribution in [2.75, 3.05) is 48.4 Å². The third-order valence-corrected chi connectivity index (χ3v) is 14.1. The number of carbonyl (C=O) groups excluding carboxylic acids is 1. The van der Waals surface area contributed by atoms with Crippen molar-refractivity contribution in [2.24, 2.45) is 0 Å². The minimum Gasteiger partial charge on any atom is -0.495 e. The number of anilines is 8. The highest BCUT2D eigenvalue weighted by atomic mass is 35.5. The Kier molecular flexibility index (Phi) is 13.6. The third kappa shape index (κ3) is 11.0. The van der Waals surface area contributed by atoms with E-state index in [0.29, 0.717) is 33.5 Å². The van der Waals surface area contributed by atoms with Crippen LogP contribution in [0.5, 0.6) is 5.75 Å². The molecule has 0 radical (unpaired) electrons. The van der Waals surface area contributed by atoms with Gasteiger partial charge in [-0.3, -0.25) is 14.9 Å². The van der Waals surface area contributed by atoms with Crippen molar-refractivity contribution in [3.8, 4) is 5.75 Å². The van der Waals surface area contributed by atoms with E-state index in [9.17, 15) is 24.0 Å². The number of non-ortho nitro benzene ring substituents is 1. The van der Waals surface area contributed by atoms with E-state index in [1.165, 1.54) is 50.3 Å². The minimum absolute atomic E-state index is 0.0516. The average Bonchev–Trinajstić information content (AvgIpc) is 3.27. The van der Waals surface area contributed by atoms with E-state index in [-0.39, 0.29) is 50.9 Å². The number of nitrogens with zero attached hydrogens (tertiary/aromatic N) is 5. The molecule has 0 aliphatic carbocycles. The van der Waals surface area contributed by atoms with Crippen molar-refractivity contribution in [1.82, 2.24) is 19.9 Å². The maximum atomic E-state index is 15.1. The summed E-state index contributed by atoms with van der Waals surface area (Å²) >= 11 is 6.50. The summed E-state index contributed by atoms with van der Waals surface area (Å²) in [7, 11) is -5.05. The normalized spacial score (nSPS) is 12.4. The van der Waals surface area contributed by atoms with Gasteiger partial charge in [0.1, 0.15) is 36.4 Å². The van der Waals surface area contributed by atoms with Crippen LogP contribution in [0.15, 0.2) is 128 Å². The van der Waals surface area contributed by atoms with Crippen LogP contribution in [0.4, 0.5) is 65.1 Å². The molecule has 0 spiro atoms. The van der Waals surface area contributed by atoms with E-state index in [1.54, 1.807) is 86.1 Å². The third-order valence-electron chi connectivity index (χ3n) is 9.99. The molecule has 0 aliphatic rings. The molecule has 7 rings (SSSR count). The molecule has 15 nitrogen and oxygen atoms in total. The van der Waals surface area contributed by atoms with Crippen molar-refractivity contribution >= 4 is 94.2 Å². The molecule has 0 fully saturated rings. The first-order valence-corrected chi connectivity index (χ1v) is 25.0. The molecule has 0 aliphatic heterocycles. The van der Waals surface area contributed by atoms with Crippen molar-refractivity contribution < 1.29 is 36.8 Å². The van der Waals surface area contributed by atoms with Crippen LogP contribution >= 0.6 is 25.9 Å². The number of carbonyl (C=O) groups is 1. The number of methoxy groups -OCH3 is 1. The van der Waals surface area contributed by atoms with Crippen LogP contribution in [-0.4, -0.2) is 57.7 Å². The fraction of sp³-hybridized carbons (Fsp3) is 0.133. The molecule has 1 atom stereocenters. The number of ether oxygens (including phenoxy) is 1. The highest BCUT2D eigenvalue weighted by Gasteiger charge is 2.40. The standard InChI is InChI=1S/C45H39ClF3N9O6P2/c1-64-38-24-32(22-23-36(38)54-43-50-25-34(46)41(56-43)53-35-13-9-8-12-33(35)40(59)27-10-6-5-7-11-27)66(4,63)26-37-39(45(47,48)49)42(51-28-14-18-30(19-15-28)58(60)61)57-44(55-37)52-29-16-20-31(21-17-29)65(2,3)62/h5-25H,26H2,1-4H3,(H2,50,53,54,56)(H2,51,52,55,57). The fourth-order valence-electron chi connectivity index (χ4n) is 6.65. The Bertz CT molecular complexity index is 3050. The number of rotatable bonds is 16. The van der Waals surface area contributed by atoms with Gasteiger partial charge in [-0.2, -0.15) is 23.1 Å². The number of aromatic nitrogens is 4. The zero-order chi connectivity index (χ0) is 47.4. The number of ketones is 1. The van der Waals surface area contributed by atoms with E-state index in [4.69, 9.17) is 16.3 Å². The Hall–Kier alpha value is -7.13. The molecule has 0 amide bonds. The van der Waals surface area contributed by atoms with Gasteiger partial charge in [0.25, 0.3) is 5.69 Å². The smallest absolute Gasteiger partial charge is 0.421 e. The van der Waals surface area contributed by atoms with Crippen LogP contribution in [0.3, 0.4) is 0 Å². The predicted molar refractivity (Wildman–Crippen MR) is 252 cm³/mol. The Morgan fingerprint density at radius 2 is 1.36 bits per heavy atom. The number of hydrogen-bond donors (Lipinski definition) is 4. The Labute approximate surface area is 381 Å². The van der Waals surface area contributed by atoms with Crippen molar-refractivity contribution in [1.29, 1.82) is 0 Å². The van der Waals surface area contributed by atoms with E-state index in [2.05, 4.69) is 41.2 Å². The van der Waals surface area contributed by atoms with Gasteiger partial charge >= 0.3 is 6.18 Å². The maximum Gasteiger partial charge on any atom is 0.421 e. The summed E-state index contributed by atoms with van der Waals surface area (Å²) in [6.07, 6.45) is -4.42. The summed E-state index contributed by atoms with van der Waals surface area (Å²) in [5.41, 5.74) is -0.173. The Morgan fingerprint density at radius 3 is 2.02 bits per heavy atom. The van der Waals surface area contributed by atoms with Crippen LogP contribution in [0.2, 0.25) is 5.02 Å². The molecule has 0 saturated heterocycles. The van der Waals surface area contributed by atoms with E-state index in [1.807, 2.05) is 6.07 Å². The molecule has 7 aromatic rings. The van der Waals surface area contributed by atoms with Gasteiger partial charge in [0, 0.05) is 51.4 Å². The van der Waals surface area contributed by atoms with Crippen molar-refractivity contribution in [3.05, 3.63) is 165 Å². The lowest BCUT2D eigenvalue weighted by Crippen LogP contribution is -2.18. The highest BCUT2D eigenvalue weighted by Crippen LogP contribution is 2.49. The van der Waals surface area contributed by atoms with Gasteiger partial charge in [-0.25, -0.2) is 9.97 Å². The molecule has 0 saturated carbocycles. The maximum absolute atomic E-state index is 15.1. The predicted octanol–water partition coefficient (Wildman–Crippen LogP) is 11.1. The largest absolute Gasteiger partial charge is 0.495 e. The van der Waals surface area contributed by atoms with Gasteiger partial charge in [0.2, 0.25) is 11.9 Å². The molecular weight excluding hydrogens is 917 g/mol.